The van der Waals surface area contributed by atoms with E-state index in [1.807, 2.05) is 6.26 Å². The van der Waals surface area contributed by atoms with Crippen LogP contribution in [-0.4, -0.2) is 29.6 Å². The molecule has 0 spiro atoms. The number of benzene rings is 1. The molecule has 0 aliphatic rings. The molecule has 0 heterocycles. The molecule has 0 aliphatic carbocycles. The highest BCUT2D eigenvalue weighted by Gasteiger charge is 2.26. The Kier molecular flexibility index (Phi) is 6.26. The van der Waals surface area contributed by atoms with Crippen LogP contribution in [0.3, 0.4) is 0 Å². The number of nitrogens with one attached hydrogen (secondary N) is 1. The first-order valence-corrected chi connectivity index (χ1v) is 7.96. The lowest BCUT2D eigenvalue weighted by molar-refractivity contribution is -0.385. The van der Waals surface area contributed by atoms with Gasteiger partial charge in [-0.3, -0.25) is 10.1 Å². The summed E-state index contributed by atoms with van der Waals surface area (Å²) in [5, 5.41) is 13.9. The van der Waals surface area contributed by atoms with Gasteiger partial charge in [0.1, 0.15) is 0 Å². The third-order valence-electron chi connectivity index (χ3n) is 3.79. The minimum Gasteiger partial charge on any atom is -0.490 e. The maximum atomic E-state index is 14.0. The van der Waals surface area contributed by atoms with Crippen LogP contribution in [0.2, 0.25) is 0 Å². The van der Waals surface area contributed by atoms with Crippen LogP contribution in [0.1, 0.15) is 26.7 Å². The molecule has 0 saturated heterocycles. The smallest absolute Gasteiger partial charge is 0.313 e. The van der Waals surface area contributed by atoms with Crippen LogP contribution in [0.25, 0.3) is 0 Å². The molecule has 1 N–H and O–H groups in total. The first-order valence-electron chi connectivity index (χ1n) is 6.74. The fourth-order valence-electron chi connectivity index (χ4n) is 2.10. The van der Waals surface area contributed by atoms with E-state index in [4.69, 9.17) is 4.74 Å². The van der Waals surface area contributed by atoms with Gasteiger partial charge in [-0.1, -0.05) is 13.8 Å². The number of nitro benzene ring substituents is 1. The molecular formula is C14H21FN2O3S. The average molecular weight is 316 g/mol. The zero-order valence-electron chi connectivity index (χ0n) is 12.7. The van der Waals surface area contributed by atoms with Crippen molar-refractivity contribution in [2.75, 3.05) is 25.2 Å². The fourth-order valence-corrected chi connectivity index (χ4v) is 2.90. The monoisotopic (exact) mass is 316 g/mol. The zero-order valence-corrected chi connectivity index (χ0v) is 13.6. The Hall–Kier alpha value is -1.50. The second-order valence-corrected chi connectivity index (χ2v) is 5.98. The van der Waals surface area contributed by atoms with Crippen molar-refractivity contribution in [3.8, 4) is 5.75 Å². The summed E-state index contributed by atoms with van der Waals surface area (Å²) in [4.78, 5) is 10.2. The van der Waals surface area contributed by atoms with Gasteiger partial charge in [0.2, 0.25) is 0 Å². The molecule has 0 unspecified atom stereocenters. The van der Waals surface area contributed by atoms with Gasteiger partial charge in [0.15, 0.2) is 11.6 Å². The Labute approximate surface area is 128 Å². The molecule has 7 heteroatoms. The molecule has 1 aromatic rings. The molecule has 0 bridgehead atoms. The molecule has 21 heavy (non-hydrogen) atoms. The molecule has 0 amide bonds. The largest absolute Gasteiger partial charge is 0.490 e. The summed E-state index contributed by atoms with van der Waals surface area (Å²) in [5.74, 6) is -0.601. The van der Waals surface area contributed by atoms with E-state index in [2.05, 4.69) is 19.2 Å². The number of ether oxygens (including phenoxy) is 1. The van der Waals surface area contributed by atoms with Crippen molar-refractivity contribution in [2.45, 2.75) is 31.4 Å². The van der Waals surface area contributed by atoms with Gasteiger partial charge >= 0.3 is 5.69 Å². The van der Waals surface area contributed by atoms with E-state index >= 15 is 0 Å². The second kappa shape index (κ2) is 7.49. The number of methoxy groups -OCH3 is 1. The van der Waals surface area contributed by atoms with E-state index in [-0.39, 0.29) is 21.9 Å². The van der Waals surface area contributed by atoms with Gasteiger partial charge in [0.05, 0.1) is 23.8 Å². The van der Waals surface area contributed by atoms with Crippen molar-refractivity contribution in [3.05, 3.63) is 28.1 Å². The minimum atomic E-state index is -0.657. The number of rotatable bonds is 8. The molecule has 0 aromatic heterocycles. The normalized spacial score (nSPS) is 11.3. The van der Waals surface area contributed by atoms with Crippen LogP contribution < -0.4 is 10.1 Å². The van der Waals surface area contributed by atoms with Gasteiger partial charge in [-0.2, -0.15) is 11.8 Å². The summed E-state index contributed by atoms with van der Waals surface area (Å²) < 4.78 is 19.0. The number of halogens is 1. The van der Waals surface area contributed by atoms with Crippen molar-refractivity contribution in [3.63, 3.8) is 0 Å². The van der Waals surface area contributed by atoms with E-state index in [1.54, 1.807) is 11.8 Å². The Morgan fingerprint density at radius 3 is 2.48 bits per heavy atom. The molecular weight excluding hydrogens is 295 g/mol. The summed E-state index contributed by atoms with van der Waals surface area (Å²) in [6, 6.07) is 2.23. The lowest BCUT2D eigenvalue weighted by Crippen LogP contribution is -2.32. The summed E-state index contributed by atoms with van der Waals surface area (Å²) in [7, 11) is 1.33. The standard InChI is InChI=1S/C14H21FN2O3S/c1-5-14(6-2,21-4)9-16-11-8-13(20-3)12(17(18)19)7-10(11)15/h7-8,16H,5-6,9H2,1-4H3. The molecule has 0 atom stereocenters. The van der Waals surface area contributed by atoms with Crippen molar-refractivity contribution in [2.24, 2.45) is 0 Å². The Morgan fingerprint density at radius 2 is 2.05 bits per heavy atom. The van der Waals surface area contributed by atoms with Crippen molar-refractivity contribution >= 4 is 23.1 Å². The lowest BCUT2D eigenvalue weighted by Gasteiger charge is -2.30. The number of nitro groups is 1. The number of nitrogens with zero attached hydrogens (tertiary/aromatic N) is 1. The van der Waals surface area contributed by atoms with Gasteiger partial charge in [-0.05, 0) is 19.1 Å². The summed E-state index contributed by atoms with van der Waals surface area (Å²) >= 11 is 1.74. The van der Waals surface area contributed by atoms with E-state index in [9.17, 15) is 14.5 Å². The van der Waals surface area contributed by atoms with Crippen LogP contribution >= 0.6 is 11.8 Å². The minimum absolute atomic E-state index is 0.0153. The first kappa shape index (κ1) is 17.6. The molecule has 5 nitrogen and oxygen atoms in total. The number of thioether (sulfide) groups is 1. The number of hydrogen-bond acceptors (Lipinski definition) is 5. The zero-order chi connectivity index (χ0) is 16.0. The average Bonchev–Trinajstić information content (AvgIpc) is 2.49. The molecule has 1 aromatic carbocycles. The topological polar surface area (TPSA) is 64.4 Å². The van der Waals surface area contributed by atoms with Gasteiger partial charge in [-0.15, -0.1) is 0 Å². The van der Waals surface area contributed by atoms with Crippen LogP contribution in [0.5, 0.6) is 5.75 Å². The molecule has 0 radical (unpaired) electrons. The first-order chi connectivity index (χ1) is 9.92. The quantitative estimate of drug-likeness (QED) is 0.578. The lowest BCUT2D eigenvalue weighted by atomic mass is 10.0. The maximum absolute atomic E-state index is 14.0. The molecule has 118 valence electrons. The second-order valence-electron chi connectivity index (χ2n) is 4.71. The van der Waals surface area contributed by atoms with E-state index < -0.39 is 10.7 Å². The van der Waals surface area contributed by atoms with E-state index in [0.717, 1.165) is 18.9 Å². The molecule has 0 fully saturated rings. The number of hydrogen-bond donors (Lipinski definition) is 1. The van der Waals surface area contributed by atoms with Crippen molar-refractivity contribution < 1.29 is 14.1 Å². The van der Waals surface area contributed by atoms with Crippen LogP contribution in [0.15, 0.2) is 12.1 Å². The van der Waals surface area contributed by atoms with E-state index in [1.165, 1.54) is 13.2 Å². The molecule has 0 saturated carbocycles. The highest BCUT2D eigenvalue weighted by molar-refractivity contribution is 8.00. The SMILES string of the molecule is CCC(CC)(CNc1cc(OC)c([N+](=O)[O-])cc1F)SC. The fraction of sp³-hybridized carbons (Fsp3) is 0.571. The number of anilines is 1. The van der Waals surface area contributed by atoms with Crippen molar-refractivity contribution in [1.82, 2.24) is 0 Å². The predicted octanol–water partition coefficient (Wildman–Crippen LogP) is 4.08. The Morgan fingerprint density at radius 1 is 1.43 bits per heavy atom. The summed E-state index contributed by atoms with van der Waals surface area (Å²) in [5.41, 5.74) is -0.152. The summed E-state index contributed by atoms with van der Waals surface area (Å²) in [6.45, 7) is 4.77. The van der Waals surface area contributed by atoms with Crippen LogP contribution in [-0.2, 0) is 0 Å². The third-order valence-corrected chi connectivity index (χ3v) is 5.38. The highest BCUT2D eigenvalue weighted by atomic mass is 32.2. The van der Waals surface area contributed by atoms with Gasteiger partial charge in [0.25, 0.3) is 0 Å². The Balaban J connectivity index is 3.02. The maximum Gasteiger partial charge on any atom is 0.313 e. The van der Waals surface area contributed by atoms with Crippen LogP contribution in [0.4, 0.5) is 15.8 Å². The van der Waals surface area contributed by atoms with Gasteiger partial charge < -0.3 is 10.1 Å². The van der Waals surface area contributed by atoms with Crippen LogP contribution in [0, 0.1) is 15.9 Å². The van der Waals surface area contributed by atoms with E-state index in [0.29, 0.717) is 6.54 Å². The molecule has 0 aliphatic heterocycles. The summed E-state index contributed by atoms with van der Waals surface area (Å²) in [6.07, 6.45) is 3.92. The third kappa shape index (κ3) is 4.00. The highest BCUT2D eigenvalue weighted by Crippen LogP contribution is 2.34. The molecule has 1 rings (SSSR count). The van der Waals surface area contributed by atoms with Crippen molar-refractivity contribution in [1.29, 1.82) is 0 Å². The predicted molar refractivity (Wildman–Crippen MR) is 84.9 cm³/mol. The van der Waals surface area contributed by atoms with Gasteiger partial charge in [-0.25, -0.2) is 4.39 Å². The van der Waals surface area contributed by atoms with Gasteiger partial charge in [0, 0.05) is 17.4 Å². The Bertz CT molecular complexity index is 499.